The van der Waals surface area contributed by atoms with Gasteiger partial charge in [-0.2, -0.15) is 0 Å². The summed E-state index contributed by atoms with van der Waals surface area (Å²) in [4.78, 5) is 0. The minimum atomic E-state index is -3.78. The second-order valence-corrected chi connectivity index (χ2v) is 6.60. The molecular formula is C13H19F2NO3S. The lowest BCUT2D eigenvalue weighted by atomic mass is 10.0. The van der Waals surface area contributed by atoms with E-state index in [1.807, 2.05) is 6.92 Å². The summed E-state index contributed by atoms with van der Waals surface area (Å²) >= 11 is 0. The molecule has 0 heterocycles. The highest BCUT2D eigenvalue weighted by Gasteiger charge is 2.18. The van der Waals surface area contributed by atoms with E-state index in [0.717, 1.165) is 18.6 Å². The van der Waals surface area contributed by atoms with Gasteiger partial charge in [0.2, 0.25) is 10.0 Å². The van der Waals surface area contributed by atoms with Gasteiger partial charge in [-0.05, 0) is 12.0 Å². The van der Waals surface area contributed by atoms with Crippen molar-refractivity contribution >= 4 is 10.0 Å². The third-order valence-corrected chi connectivity index (χ3v) is 4.47. The van der Waals surface area contributed by atoms with E-state index in [-0.39, 0.29) is 18.0 Å². The van der Waals surface area contributed by atoms with E-state index >= 15 is 0 Å². The van der Waals surface area contributed by atoms with E-state index in [0.29, 0.717) is 6.07 Å². The highest BCUT2D eigenvalue weighted by Crippen LogP contribution is 2.13. The van der Waals surface area contributed by atoms with Gasteiger partial charge in [0.1, 0.15) is 11.6 Å². The van der Waals surface area contributed by atoms with Crippen LogP contribution in [0, 0.1) is 17.6 Å². The quantitative estimate of drug-likeness (QED) is 0.807. The van der Waals surface area contributed by atoms with Gasteiger partial charge in [0.25, 0.3) is 0 Å². The number of benzene rings is 1. The Bertz CT molecular complexity index is 549. The van der Waals surface area contributed by atoms with Crippen LogP contribution in [0.2, 0.25) is 0 Å². The molecule has 0 saturated heterocycles. The first-order valence-corrected chi connectivity index (χ1v) is 7.99. The van der Waals surface area contributed by atoms with E-state index in [1.54, 1.807) is 6.92 Å². The van der Waals surface area contributed by atoms with Crippen LogP contribution in [-0.2, 0) is 15.8 Å². The van der Waals surface area contributed by atoms with Crippen molar-refractivity contribution in [2.75, 3.05) is 6.54 Å². The fraction of sp³-hybridized carbons (Fsp3) is 0.538. The molecule has 0 saturated carbocycles. The van der Waals surface area contributed by atoms with Crippen LogP contribution in [0.1, 0.15) is 25.8 Å². The van der Waals surface area contributed by atoms with Crippen LogP contribution >= 0.6 is 0 Å². The van der Waals surface area contributed by atoms with Gasteiger partial charge in [-0.25, -0.2) is 21.9 Å². The molecule has 0 bridgehead atoms. The third-order valence-electron chi connectivity index (χ3n) is 3.17. The maximum absolute atomic E-state index is 13.4. The maximum atomic E-state index is 13.4. The first-order valence-electron chi connectivity index (χ1n) is 6.34. The van der Waals surface area contributed by atoms with Crippen LogP contribution in [0.5, 0.6) is 0 Å². The number of nitrogens with one attached hydrogen (secondary N) is 1. The number of rotatable bonds is 7. The second kappa shape index (κ2) is 7.10. The van der Waals surface area contributed by atoms with Crippen LogP contribution in [-0.4, -0.2) is 26.2 Å². The molecular weight excluding hydrogens is 288 g/mol. The normalized spacial score (nSPS) is 15.1. The largest absolute Gasteiger partial charge is 0.391 e. The molecule has 0 aliphatic carbocycles. The van der Waals surface area contributed by atoms with Gasteiger partial charge in [0.15, 0.2) is 0 Å². The lowest BCUT2D eigenvalue weighted by Gasteiger charge is -2.17. The molecule has 7 heteroatoms. The molecule has 1 aromatic rings. The Morgan fingerprint density at radius 3 is 2.55 bits per heavy atom. The van der Waals surface area contributed by atoms with Crippen LogP contribution in [0.4, 0.5) is 8.78 Å². The molecule has 2 N–H and O–H groups in total. The molecule has 4 nitrogen and oxygen atoms in total. The summed E-state index contributed by atoms with van der Waals surface area (Å²) in [5, 5.41) is 9.69. The Hall–Kier alpha value is -1.05. The minimum Gasteiger partial charge on any atom is -0.391 e. The predicted octanol–water partition coefficient (Wildman–Crippen LogP) is 1.79. The summed E-state index contributed by atoms with van der Waals surface area (Å²) in [5.74, 6) is -2.30. The SMILES string of the molecule is CC[C@H](C)[C@@H](O)CNS(=O)(=O)Cc1ccc(F)cc1F. The van der Waals surface area contributed by atoms with Gasteiger partial charge in [0.05, 0.1) is 11.9 Å². The topological polar surface area (TPSA) is 66.4 Å². The Morgan fingerprint density at radius 1 is 1.35 bits per heavy atom. The number of hydrogen-bond acceptors (Lipinski definition) is 3. The van der Waals surface area contributed by atoms with Crippen molar-refractivity contribution in [1.82, 2.24) is 4.72 Å². The number of halogens is 2. The molecule has 0 amide bonds. The average Bonchev–Trinajstić information content (AvgIpc) is 2.38. The Labute approximate surface area is 117 Å². The van der Waals surface area contributed by atoms with Crippen molar-refractivity contribution in [2.45, 2.75) is 32.1 Å². The van der Waals surface area contributed by atoms with E-state index in [4.69, 9.17) is 0 Å². The second-order valence-electron chi connectivity index (χ2n) is 4.80. The van der Waals surface area contributed by atoms with Crippen molar-refractivity contribution in [1.29, 1.82) is 0 Å². The van der Waals surface area contributed by atoms with Crippen molar-refractivity contribution < 1.29 is 22.3 Å². The number of aliphatic hydroxyl groups is 1. The first kappa shape index (κ1) is 17.0. The summed E-state index contributed by atoms with van der Waals surface area (Å²) < 4.78 is 51.9. The fourth-order valence-corrected chi connectivity index (χ4v) is 2.75. The monoisotopic (exact) mass is 307 g/mol. The molecule has 0 unspecified atom stereocenters. The van der Waals surface area contributed by atoms with Crippen LogP contribution in [0.3, 0.4) is 0 Å². The molecule has 1 aromatic carbocycles. The van der Waals surface area contributed by atoms with Gasteiger partial charge >= 0.3 is 0 Å². The summed E-state index contributed by atoms with van der Waals surface area (Å²) in [5.41, 5.74) is -0.114. The lowest BCUT2D eigenvalue weighted by Crippen LogP contribution is -2.36. The molecule has 0 aliphatic heterocycles. The smallest absolute Gasteiger partial charge is 0.215 e. The number of sulfonamides is 1. The van der Waals surface area contributed by atoms with Crippen LogP contribution < -0.4 is 4.72 Å². The minimum absolute atomic E-state index is 0.0414. The van der Waals surface area contributed by atoms with Gasteiger partial charge in [-0.3, -0.25) is 0 Å². The molecule has 0 radical (unpaired) electrons. The fourth-order valence-electron chi connectivity index (χ4n) is 1.58. The molecule has 0 spiro atoms. The highest BCUT2D eigenvalue weighted by atomic mass is 32.2. The molecule has 0 aliphatic rings. The Morgan fingerprint density at radius 2 is 2.00 bits per heavy atom. The zero-order chi connectivity index (χ0) is 15.3. The van der Waals surface area contributed by atoms with Gasteiger partial charge in [-0.1, -0.05) is 26.3 Å². The van der Waals surface area contributed by atoms with E-state index in [2.05, 4.69) is 4.72 Å². The van der Waals surface area contributed by atoms with E-state index < -0.39 is 33.5 Å². The number of aliphatic hydroxyl groups excluding tert-OH is 1. The van der Waals surface area contributed by atoms with Crippen LogP contribution in [0.15, 0.2) is 18.2 Å². The Balaban J connectivity index is 2.66. The lowest BCUT2D eigenvalue weighted by molar-refractivity contribution is 0.118. The molecule has 0 aromatic heterocycles. The summed E-state index contributed by atoms with van der Waals surface area (Å²) in [7, 11) is -3.78. The summed E-state index contributed by atoms with van der Waals surface area (Å²) in [6, 6.07) is 2.73. The Kier molecular flexibility index (Phi) is 6.04. The molecule has 20 heavy (non-hydrogen) atoms. The molecule has 1 rings (SSSR count). The van der Waals surface area contributed by atoms with E-state index in [1.165, 1.54) is 0 Å². The predicted molar refractivity (Wildman–Crippen MR) is 72.4 cm³/mol. The first-order chi connectivity index (χ1) is 9.25. The van der Waals surface area contributed by atoms with E-state index in [9.17, 15) is 22.3 Å². The zero-order valence-corrected chi connectivity index (χ0v) is 12.3. The average molecular weight is 307 g/mol. The summed E-state index contributed by atoms with van der Waals surface area (Å²) in [6.45, 7) is 3.56. The van der Waals surface area contributed by atoms with Gasteiger partial charge in [0, 0.05) is 18.2 Å². The zero-order valence-electron chi connectivity index (χ0n) is 11.4. The van der Waals surface area contributed by atoms with Crippen LogP contribution in [0.25, 0.3) is 0 Å². The van der Waals surface area contributed by atoms with Crippen molar-refractivity contribution in [2.24, 2.45) is 5.92 Å². The highest BCUT2D eigenvalue weighted by molar-refractivity contribution is 7.88. The molecule has 2 atom stereocenters. The van der Waals surface area contributed by atoms with Gasteiger partial charge in [-0.15, -0.1) is 0 Å². The molecule has 114 valence electrons. The van der Waals surface area contributed by atoms with Crippen molar-refractivity contribution in [3.63, 3.8) is 0 Å². The molecule has 0 fully saturated rings. The van der Waals surface area contributed by atoms with Crippen molar-refractivity contribution in [3.05, 3.63) is 35.4 Å². The van der Waals surface area contributed by atoms with Crippen molar-refractivity contribution in [3.8, 4) is 0 Å². The standard InChI is InChI=1S/C13H19F2NO3S/c1-3-9(2)13(17)7-16-20(18,19)8-10-4-5-11(14)6-12(10)15/h4-6,9,13,16-17H,3,7-8H2,1-2H3/t9-,13-/m0/s1. The number of hydrogen-bond donors (Lipinski definition) is 2. The van der Waals surface area contributed by atoms with Gasteiger partial charge < -0.3 is 5.11 Å². The summed E-state index contributed by atoms with van der Waals surface area (Å²) in [6.07, 6.45) is -0.0806. The third kappa shape index (κ3) is 5.15. The maximum Gasteiger partial charge on any atom is 0.215 e.